The third kappa shape index (κ3) is 4.52. The third-order valence-electron chi connectivity index (χ3n) is 11.4. The third-order valence-corrected chi connectivity index (χ3v) is 11.4. The number of likely N-dealkylation sites (N-methyl/N-ethyl adjacent to an activating group) is 1. The Morgan fingerprint density at radius 3 is 2.59 bits per heavy atom. The van der Waals surface area contributed by atoms with E-state index < -0.39 is 5.79 Å². The van der Waals surface area contributed by atoms with Gasteiger partial charge in [-0.15, -0.1) is 0 Å². The highest BCUT2D eigenvalue weighted by Crippen LogP contribution is 2.57. The molecule has 5 aliphatic rings. The Kier molecular flexibility index (Phi) is 7.75. The lowest BCUT2D eigenvalue weighted by molar-refractivity contribution is -0.231. The second kappa shape index (κ2) is 11.7. The molecule has 2 spiro atoms. The van der Waals surface area contributed by atoms with Gasteiger partial charge in [0.25, 0.3) is 0 Å². The summed E-state index contributed by atoms with van der Waals surface area (Å²) in [5.74, 6) is 0.584. The van der Waals surface area contributed by atoms with Gasteiger partial charge in [-0.1, -0.05) is 11.6 Å². The topological polar surface area (TPSA) is 128 Å². The van der Waals surface area contributed by atoms with Crippen LogP contribution in [0.4, 0.5) is 0 Å². The fourth-order valence-corrected chi connectivity index (χ4v) is 9.25. The highest BCUT2D eigenvalue weighted by molar-refractivity contribution is 5.80. The van der Waals surface area contributed by atoms with E-state index in [0.717, 1.165) is 82.0 Å². The summed E-state index contributed by atoms with van der Waals surface area (Å²) in [5, 5.41) is 4.76. The summed E-state index contributed by atoms with van der Waals surface area (Å²) in [6.07, 6.45) is 9.02. The zero-order valence-corrected chi connectivity index (χ0v) is 27.5. The van der Waals surface area contributed by atoms with Crippen molar-refractivity contribution in [2.24, 2.45) is 7.05 Å². The maximum atomic E-state index is 13.9. The molecular weight excluding hydrogens is 592 g/mol. The molecule has 46 heavy (non-hydrogen) atoms. The second-order valence-corrected chi connectivity index (χ2v) is 13.9. The average Bonchev–Trinajstić information content (AvgIpc) is 3.86. The summed E-state index contributed by atoms with van der Waals surface area (Å²) < 4.78 is 40.8. The number of aryl methyl sites for hydroxylation is 1. The quantitative estimate of drug-likeness (QED) is 0.394. The molecule has 2 aliphatic carbocycles. The monoisotopic (exact) mass is 638 g/mol. The molecule has 0 unspecified atom stereocenters. The molecule has 0 aromatic carbocycles. The van der Waals surface area contributed by atoms with Crippen molar-refractivity contribution in [2.75, 3.05) is 47.1 Å². The lowest BCUT2D eigenvalue weighted by Gasteiger charge is -2.50. The Hall–Kier alpha value is -2.84. The van der Waals surface area contributed by atoms with E-state index in [0.29, 0.717) is 55.1 Å². The van der Waals surface area contributed by atoms with E-state index in [1.807, 2.05) is 6.92 Å². The van der Waals surface area contributed by atoms with E-state index in [9.17, 15) is 4.79 Å². The first-order chi connectivity index (χ1) is 22.4. The van der Waals surface area contributed by atoms with Crippen LogP contribution in [0.15, 0.2) is 9.32 Å². The molecule has 3 aromatic heterocycles. The van der Waals surface area contributed by atoms with Gasteiger partial charge in [0.1, 0.15) is 6.10 Å². The van der Waals surface area contributed by atoms with Crippen LogP contribution in [-0.4, -0.2) is 100 Å². The molecule has 3 aliphatic heterocycles. The lowest BCUT2D eigenvalue weighted by atomic mass is 9.61. The normalized spacial score (nSPS) is 30.4. The van der Waals surface area contributed by atoms with Gasteiger partial charge in [0.15, 0.2) is 17.0 Å². The Morgan fingerprint density at radius 1 is 1.00 bits per heavy atom. The summed E-state index contributed by atoms with van der Waals surface area (Å²) in [7, 11) is 5.60. The Morgan fingerprint density at radius 2 is 1.80 bits per heavy atom. The zero-order chi connectivity index (χ0) is 31.6. The molecule has 3 aromatic rings. The average molecular weight is 639 g/mol. The first-order valence-electron chi connectivity index (χ1n) is 17.1. The molecule has 8 rings (SSSR count). The van der Waals surface area contributed by atoms with Crippen molar-refractivity contribution in [3.05, 3.63) is 21.7 Å². The first-order valence-corrected chi connectivity index (χ1v) is 17.1. The zero-order valence-electron chi connectivity index (χ0n) is 27.5. The van der Waals surface area contributed by atoms with Crippen molar-refractivity contribution in [3.63, 3.8) is 0 Å². The molecule has 0 radical (unpaired) electrons. The van der Waals surface area contributed by atoms with Crippen molar-refractivity contribution in [3.8, 4) is 17.5 Å². The van der Waals surface area contributed by atoms with Crippen molar-refractivity contribution in [1.29, 1.82) is 0 Å². The van der Waals surface area contributed by atoms with Gasteiger partial charge in [-0.3, -0.25) is 14.0 Å². The van der Waals surface area contributed by atoms with Gasteiger partial charge in [0.2, 0.25) is 17.5 Å². The molecule has 1 saturated carbocycles. The number of hydrogen-bond donors (Lipinski definition) is 0. The summed E-state index contributed by atoms with van der Waals surface area (Å²) in [5.41, 5.74) is 2.46. The molecule has 3 saturated heterocycles. The van der Waals surface area contributed by atoms with Gasteiger partial charge >= 0.3 is 5.69 Å². The highest BCUT2D eigenvalue weighted by atomic mass is 16.7. The largest absolute Gasteiger partial charge is 0.471 e. The standard InChI is InChI=1S/C33H46N6O7/c1-20(24-23(41-4)11-15-37(24)2)45-30-25-29(39(31(40)38(25)3)21-9-8-16-42-19-21)34-28(35-30)26-22-10-7-13-32(27(22)36-46-26)12-5-6-14-33(32)43-17-18-44-33/h20-21,23-24H,5-19H2,1-4H3/t20-,21+,23-,24+,32-/m0/s1. The van der Waals surface area contributed by atoms with E-state index in [4.69, 9.17) is 43.3 Å². The number of rotatable bonds is 6. The Labute approximate surface area is 268 Å². The fourth-order valence-electron chi connectivity index (χ4n) is 9.25. The van der Waals surface area contributed by atoms with Gasteiger partial charge in [0, 0.05) is 39.3 Å². The van der Waals surface area contributed by atoms with Crippen LogP contribution in [0.25, 0.3) is 22.7 Å². The van der Waals surface area contributed by atoms with E-state index in [1.165, 1.54) is 0 Å². The van der Waals surface area contributed by atoms with E-state index in [1.54, 1.807) is 23.3 Å². The molecular formula is C33H46N6O7. The van der Waals surface area contributed by atoms with Crippen molar-refractivity contribution < 1.29 is 28.2 Å². The fraction of sp³-hybridized carbons (Fsp3) is 0.758. The van der Waals surface area contributed by atoms with Crippen LogP contribution in [0.3, 0.4) is 0 Å². The second-order valence-electron chi connectivity index (χ2n) is 13.9. The predicted octanol–water partition coefficient (Wildman–Crippen LogP) is 3.51. The number of hydrogen-bond acceptors (Lipinski definition) is 11. The van der Waals surface area contributed by atoms with Crippen LogP contribution in [-0.2, 0) is 37.8 Å². The molecule has 0 amide bonds. The Bertz CT molecular complexity index is 1650. The highest BCUT2D eigenvalue weighted by Gasteiger charge is 2.61. The van der Waals surface area contributed by atoms with E-state index in [-0.39, 0.29) is 35.4 Å². The van der Waals surface area contributed by atoms with E-state index >= 15 is 0 Å². The molecule has 4 fully saturated rings. The number of ether oxygens (including phenoxy) is 5. The minimum absolute atomic E-state index is 0.0242. The molecule has 0 bridgehead atoms. The van der Waals surface area contributed by atoms with Crippen LogP contribution in [0.5, 0.6) is 5.88 Å². The number of nitrogens with zero attached hydrogens (tertiary/aromatic N) is 6. The lowest BCUT2D eigenvalue weighted by Crippen LogP contribution is -2.56. The maximum Gasteiger partial charge on any atom is 0.330 e. The van der Waals surface area contributed by atoms with Gasteiger partial charge in [-0.2, -0.15) is 4.98 Å². The molecule has 0 N–H and O–H groups in total. The predicted molar refractivity (Wildman–Crippen MR) is 167 cm³/mol. The van der Waals surface area contributed by atoms with Gasteiger partial charge in [0.05, 0.1) is 49.1 Å². The van der Waals surface area contributed by atoms with Crippen LogP contribution >= 0.6 is 0 Å². The number of methoxy groups -OCH3 is 1. The summed E-state index contributed by atoms with van der Waals surface area (Å²) in [4.78, 5) is 26.2. The van der Waals surface area contributed by atoms with Gasteiger partial charge in [-0.25, -0.2) is 9.78 Å². The number of fused-ring (bicyclic) bond motifs is 4. The minimum atomic E-state index is -0.671. The number of likely N-dealkylation sites (tertiary alicyclic amines) is 1. The van der Waals surface area contributed by atoms with Crippen LogP contribution in [0, 0.1) is 0 Å². The SMILES string of the molecule is CO[C@H]1CCN(C)[C@@H]1[C@H](C)Oc1nc(-c2onc3c2CCC[C@@]32CCCCC23OCCO3)nc2c1n(C)c(=O)n2[C@@H]1CCCOC1. The summed E-state index contributed by atoms with van der Waals surface area (Å²) >= 11 is 0. The van der Waals surface area contributed by atoms with Crippen LogP contribution in [0.2, 0.25) is 0 Å². The molecule has 6 heterocycles. The molecule has 250 valence electrons. The summed E-state index contributed by atoms with van der Waals surface area (Å²) in [6, 6.07) is -0.112. The van der Waals surface area contributed by atoms with Crippen molar-refractivity contribution >= 4 is 11.2 Å². The van der Waals surface area contributed by atoms with Crippen LogP contribution < -0.4 is 10.4 Å². The molecule has 5 atom stereocenters. The number of imidazole rings is 1. The van der Waals surface area contributed by atoms with E-state index in [2.05, 4.69) is 11.9 Å². The molecule has 13 heteroatoms. The maximum absolute atomic E-state index is 13.9. The number of aromatic nitrogens is 5. The van der Waals surface area contributed by atoms with Gasteiger partial charge < -0.3 is 28.2 Å². The molecule has 13 nitrogen and oxygen atoms in total. The van der Waals surface area contributed by atoms with Crippen molar-refractivity contribution in [2.45, 2.75) is 107 Å². The first kappa shape index (κ1) is 30.5. The van der Waals surface area contributed by atoms with Gasteiger partial charge in [-0.05, 0) is 65.3 Å². The van der Waals surface area contributed by atoms with Crippen LogP contribution in [0.1, 0.15) is 82.0 Å². The minimum Gasteiger partial charge on any atom is -0.471 e. The van der Waals surface area contributed by atoms with Crippen molar-refractivity contribution in [1.82, 2.24) is 29.2 Å². The Balaban J connectivity index is 1.28. The summed E-state index contributed by atoms with van der Waals surface area (Å²) in [6.45, 7) is 5.29. The smallest absolute Gasteiger partial charge is 0.330 e.